The summed E-state index contributed by atoms with van der Waals surface area (Å²) in [5.41, 5.74) is 1.36. The molecule has 1 fully saturated rings. The molecule has 2 heterocycles. The fraction of sp³-hybridized carbons (Fsp3) is 0.417. The number of Topliss-reactive ketones (excluding diaryl/α,β-unsaturated/α-hetero) is 1. The highest BCUT2D eigenvalue weighted by molar-refractivity contribution is 7.99. The molecule has 0 aliphatic carbocycles. The van der Waals surface area contributed by atoms with E-state index in [0.717, 1.165) is 0 Å². The lowest BCUT2D eigenvalue weighted by atomic mass is 9.88. The number of fused-ring (bicyclic) bond motifs is 1. The average molecular weight is 426 g/mol. The number of carbonyl (C=O) groups is 2. The summed E-state index contributed by atoms with van der Waals surface area (Å²) in [6.45, 7) is 6.54. The van der Waals surface area contributed by atoms with Crippen LogP contribution in [0.25, 0.3) is 0 Å². The van der Waals surface area contributed by atoms with Crippen LogP contribution in [0.5, 0.6) is 11.5 Å². The summed E-state index contributed by atoms with van der Waals surface area (Å²) in [5.74, 6) is 1.42. The van der Waals surface area contributed by atoms with Crippen molar-refractivity contribution in [2.45, 2.75) is 36.8 Å². The summed E-state index contributed by atoms with van der Waals surface area (Å²) in [5, 5.41) is 0.511. The number of likely N-dealkylation sites (tertiary alicyclic amines) is 1. The van der Waals surface area contributed by atoms with Crippen LogP contribution < -0.4 is 9.47 Å². The molecule has 0 N–H and O–H groups in total. The first-order chi connectivity index (χ1) is 14.5. The Hall–Kier alpha value is -2.47. The van der Waals surface area contributed by atoms with Gasteiger partial charge in [-0.1, -0.05) is 13.8 Å². The van der Waals surface area contributed by atoms with Crippen LogP contribution >= 0.6 is 11.8 Å². The fourth-order valence-corrected chi connectivity index (χ4v) is 4.75. The van der Waals surface area contributed by atoms with Crippen LogP contribution in [-0.2, 0) is 0 Å². The molecular formula is C24H27NO4S. The topological polar surface area (TPSA) is 55.8 Å². The number of nitrogens with zero attached hydrogens (tertiary/aromatic N) is 1. The SMILES string of the molecule is CC(C)Sc1ccc(C(=O)N2CCC(C(=O)c3ccc4c(c3)OCCO4)CC2)cc1. The molecule has 2 aromatic carbocycles. The zero-order valence-electron chi connectivity index (χ0n) is 17.4. The Balaban J connectivity index is 1.35. The molecule has 5 nitrogen and oxygen atoms in total. The number of ketones is 1. The predicted molar refractivity (Wildman–Crippen MR) is 118 cm³/mol. The van der Waals surface area contributed by atoms with Gasteiger partial charge in [0.1, 0.15) is 13.2 Å². The number of thioether (sulfide) groups is 1. The molecule has 2 aromatic rings. The molecule has 4 rings (SSSR count). The molecule has 158 valence electrons. The second-order valence-corrected chi connectivity index (χ2v) is 9.63. The van der Waals surface area contributed by atoms with E-state index in [1.807, 2.05) is 41.3 Å². The van der Waals surface area contributed by atoms with Gasteiger partial charge in [0.2, 0.25) is 0 Å². The van der Waals surface area contributed by atoms with Crippen molar-refractivity contribution >= 4 is 23.5 Å². The molecule has 6 heteroatoms. The third-order valence-electron chi connectivity index (χ3n) is 5.45. The van der Waals surface area contributed by atoms with Gasteiger partial charge in [-0.3, -0.25) is 9.59 Å². The minimum Gasteiger partial charge on any atom is -0.486 e. The van der Waals surface area contributed by atoms with Crippen molar-refractivity contribution in [2.75, 3.05) is 26.3 Å². The van der Waals surface area contributed by atoms with Crippen LogP contribution in [-0.4, -0.2) is 48.1 Å². The Labute approximate surface area is 181 Å². The number of rotatable bonds is 5. The van der Waals surface area contributed by atoms with Gasteiger partial charge in [-0.25, -0.2) is 0 Å². The van der Waals surface area contributed by atoms with Gasteiger partial charge >= 0.3 is 0 Å². The maximum atomic E-state index is 13.0. The van der Waals surface area contributed by atoms with Gasteiger partial charge in [0.15, 0.2) is 17.3 Å². The first-order valence-electron chi connectivity index (χ1n) is 10.5. The van der Waals surface area contributed by atoms with Gasteiger partial charge < -0.3 is 14.4 Å². The van der Waals surface area contributed by atoms with Crippen molar-refractivity contribution in [3.05, 3.63) is 53.6 Å². The van der Waals surface area contributed by atoms with E-state index in [4.69, 9.17) is 9.47 Å². The van der Waals surface area contributed by atoms with E-state index < -0.39 is 0 Å². The van der Waals surface area contributed by atoms with Gasteiger partial charge in [0, 0.05) is 40.3 Å². The van der Waals surface area contributed by atoms with Crippen LogP contribution in [0, 0.1) is 5.92 Å². The number of hydrogen-bond donors (Lipinski definition) is 0. The van der Waals surface area contributed by atoms with Gasteiger partial charge in [-0.05, 0) is 55.3 Å². The first kappa shape index (κ1) is 20.8. The van der Waals surface area contributed by atoms with Gasteiger partial charge in [-0.2, -0.15) is 0 Å². The summed E-state index contributed by atoms with van der Waals surface area (Å²) < 4.78 is 11.1. The van der Waals surface area contributed by atoms with Crippen LogP contribution in [0.2, 0.25) is 0 Å². The van der Waals surface area contributed by atoms with Crippen molar-refractivity contribution < 1.29 is 19.1 Å². The second kappa shape index (κ2) is 9.13. The molecule has 2 aliphatic heterocycles. The lowest BCUT2D eigenvalue weighted by molar-refractivity contribution is 0.0650. The summed E-state index contributed by atoms with van der Waals surface area (Å²) in [4.78, 5) is 28.8. The lowest BCUT2D eigenvalue weighted by Crippen LogP contribution is -2.40. The van der Waals surface area contributed by atoms with E-state index in [9.17, 15) is 9.59 Å². The molecule has 0 atom stereocenters. The number of ether oxygens (including phenoxy) is 2. The monoisotopic (exact) mass is 425 g/mol. The van der Waals surface area contributed by atoms with Gasteiger partial charge in [-0.15, -0.1) is 11.8 Å². The highest BCUT2D eigenvalue weighted by Crippen LogP contribution is 2.33. The van der Waals surface area contributed by atoms with E-state index in [2.05, 4.69) is 13.8 Å². The Morgan fingerprint density at radius 1 is 0.933 bits per heavy atom. The largest absolute Gasteiger partial charge is 0.486 e. The number of piperidine rings is 1. The highest BCUT2D eigenvalue weighted by atomic mass is 32.2. The Morgan fingerprint density at radius 3 is 2.23 bits per heavy atom. The lowest BCUT2D eigenvalue weighted by Gasteiger charge is -2.31. The third kappa shape index (κ3) is 4.64. The molecule has 0 unspecified atom stereocenters. The predicted octanol–water partition coefficient (Wildman–Crippen LogP) is 4.69. The number of hydrogen-bond acceptors (Lipinski definition) is 5. The van der Waals surface area contributed by atoms with Crippen molar-refractivity contribution in [3.8, 4) is 11.5 Å². The highest BCUT2D eigenvalue weighted by Gasteiger charge is 2.29. The standard InChI is InChI=1S/C24H27NO4S/c1-16(2)30-20-6-3-18(4-7-20)24(27)25-11-9-17(10-12-25)23(26)19-5-8-21-22(15-19)29-14-13-28-21/h3-8,15-17H,9-14H2,1-2H3. The molecule has 2 aliphatic rings. The molecular weight excluding hydrogens is 398 g/mol. The van der Waals surface area contributed by atoms with Crippen LogP contribution in [0.15, 0.2) is 47.4 Å². The molecule has 30 heavy (non-hydrogen) atoms. The molecule has 0 bridgehead atoms. The van der Waals surface area contributed by atoms with E-state index in [1.165, 1.54) is 4.90 Å². The maximum Gasteiger partial charge on any atom is 0.253 e. The third-order valence-corrected chi connectivity index (χ3v) is 6.47. The molecule has 0 aromatic heterocycles. The molecule has 1 amide bonds. The minimum atomic E-state index is -0.0681. The Bertz CT molecular complexity index is 917. The molecule has 1 saturated heterocycles. The average Bonchev–Trinajstić information content (AvgIpc) is 2.78. The van der Waals surface area contributed by atoms with Crippen LogP contribution in [0.4, 0.5) is 0 Å². The zero-order valence-corrected chi connectivity index (χ0v) is 18.2. The Morgan fingerprint density at radius 2 is 1.57 bits per heavy atom. The zero-order chi connectivity index (χ0) is 21.1. The smallest absolute Gasteiger partial charge is 0.253 e. The minimum absolute atomic E-state index is 0.0429. The van der Waals surface area contributed by atoms with Crippen molar-refractivity contribution in [1.29, 1.82) is 0 Å². The first-order valence-corrected chi connectivity index (χ1v) is 11.4. The molecule has 0 radical (unpaired) electrons. The summed E-state index contributed by atoms with van der Waals surface area (Å²) >= 11 is 1.79. The van der Waals surface area contributed by atoms with Gasteiger partial charge in [0.05, 0.1) is 0 Å². The summed E-state index contributed by atoms with van der Waals surface area (Å²) in [6.07, 6.45) is 1.36. The van der Waals surface area contributed by atoms with E-state index in [0.29, 0.717) is 67.0 Å². The van der Waals surface area contributed by atoms with Crippen molar-refractivity contribution in [1.82, 2.24) is 4.90 Å². The quantitative estimate of drug-likeness (QED) is 0.514. The van der Waals surface area contributed by atoms with Crippen LogP contribution in [0.3, 0.4) is 0 Å². The van der Waals surface area contributed by atoms with E-state index >= 15 is 0 Å². The molecule has 0 spiro atoms. The van der Waals surface area contributed by atoms with Gasteiger partial charge in [0.25, 0.3) is 5.91 Å². The summed E-state index contributed by atoms with van der Waals surface area (Å²) in [6, 6.07) is 13.2. The second-order valence-electron chi connectivity index (χ2n) is 7.98. The fourth-order valence-electron chi connectivity index (χ4n) is 3.91. The number of carbonyl (C=O) groups excluding carboxylic acids is 2. The molecule has 0 saturated carbocycles. The van der Waals surface area contributed by atoms with Crippen molar-refractivity contribution in [3.63, 3.8) is 0 Å². The number of benzene rings is 2. The van der Waals surface area contributed by atoms with Crippen LogP contribution in [0.1, 0.15) is 47.4 Å². The number of amides is 1. The normalized spacial score (nSPS) is 16.6. The summed E-state index contributed by atoms with van der Waals surface area (Å²) in [7, 11) is 0. The van der Waals surface area contributed by atoms with E-state index in [1.54, 1.807) is 17.8 Å². The Kier molecular flexibility index (Phi) is 6.32. The van der Waals surface area contributed by atoms with E-state index in [-0.39, 0.29) is 17.6 Å². The van der Waals surface area contributed by atoms with Crippen molar-refractivity contribution in [2.24, 2.45) is 5.92 Å². The maximum absolute atomic E-state index is 13.0.